The van der Waals surface area contributed by atoms with Gasteiger partial charge in [0.05, 0.1) is 0 Å². The van der Waals surface area contributed by atoms with Gasteiger partial charge in [-0.3, -0.25) is 0 Å². The molecule has 0 unspecified atom stereocenters. The molecule has 0 spiro atoms. The Morgan fingerprint density at radius 2 is 1.28 bits per heavy atom. The van der Waals surface area contributed by atoms with Gasteiger partial charge in [0.2, 0.25) is 0 Å². The van der Waals surface area contributed by atoms with E-state index < -0.39 is 18.4 Å². The Labute approximate surface area is 120 Å². The van der Waals surface area contributed by atoms with Crippen molar-refractivity contribution in [1.82, 2.24) is 0 Å². The van der Waals surface area contributed by atoms with E-state index in [4.69, 9.17) is 0 Å². The van der Waals surface area contributed by atoms with Crippen molar-refractivity contribution in [3.8, 4) is 0 Å². The fraction of sp³-hybridized carbons (Fsp3) is 1.00. The van der Waals surface area contributed by atoms with Gasteiger partial charge in [-0.25, -0.2) is 0 Å². The summed E-state index contributed by atoms with van der Waals surface area (Å²) < 4.78 is 5.67. The first-order valence-corrected chi connectivity index (χ1v) is 16.1. The van der Waals surface area contributed by atoms with Crippen molar-refractivity contribution in [2.75, 3.05) is 0 Å². The molecule has 1 saturated heterocycles. The normalized spacial score (nSPS) is 25.0. The number of hydrogen-bond acceptors (Lipinski definition) is 0. The summed E-state index contributed by atoms with van der Waals surface area (Å²) in [5.74, 6) is 0. The molecule has 0 radical (unpaired) electrons. The van der Waals surface area contributed by atoms with Crippen molar-refractivity contribution >= 4 is 18.4 Å². The van der Waals surface area contributed by atoms with E-state index in [1.54, 1.807) is 19.7 Å². The van der Waals surface area contributed by atoms with Gasteiger partial charge in [0.25, 0.3) is 0 Å². The van der Waals surface area contributed by atoms with Crippen LogP contribution in [0.15, 0.2) is 0 Å². The molecule has 0 aromatic carbocycles. The molecule has 18 heavy (non-hydrogen) atoms. The van der Waals surface area contributed by atoms with Crippen LogP contribution in [-0.2, 0) is 0 Å². The van der Waals surface area contributed by atoms with Crippen molar-refractivity contribution in [3.05, 3.63) is 0 Å². The molecule has 108 valence electrons. The summed E-state index contributed by atoms with van der Waals surface area (Å²) in [6, 6.07) is 0. The summed E-state index contributed by atoms with van der Waals surface area (Å²) in [6.45, 7) is 15.1. The third-order valence-corrected chi connectivity index (χ3v) is 28.0. The molecule has 0 aromatic rings. The maximum atomic E-state index is 2.54. The predicted octanol–water partition coefficient (Wildman–Crippen LogP) is 6.64. The molecule has 0 aliphatic carbocycles. The second kappa shape index (κ2) is 6.50. The average molecular weight is 359 g/mol. The summed E-state index contributed by atoms with van der Waals surface area (Å²) in [7, 11) is 0. The van der Waals surface area contributed by atoms with E-state index in [0.29, 0.717) is 5.41 Å². The summed E-state index contributed by atoms with van der Waals surface area (Å²) >= 11 is -1.96. The molecule has 1 aliphatic heterocycles. The summed E-state index contributed by atoms with van der Waals surface area (Å²) in [5.41, 5.74) is 0.705. The molecule has 0 aromatic heterocycles. The Bertz CT molecular complexity index is 222. The van der Waals surface area contributed by atoms with Crippen molar-refractivity contribution < 1.29 is 0 Å². The molecule has 1 rings (SSSR count). The quantitative estimate of drug-likeness (QED) is 0.467. The van der Waals surface area contributed by atoms with Gasteiger partial charge in [0, 0.05) is 0 Å². The monoisotopic (exact) mass is 360 g/mol. The summed E-state index contributed by atoms with van der Waals surface area (Å²) in [6.07, 6.45) is 8.90. The van der Waals surface area contributed by atoms with Gasteiger partial charge < -0.3 is 0 Å². The Morgan fingerprint density at radius 1 is 0.778 bits per heavy atom. The number of rotatable bonds is 6. The molecule has 0 bridgehead atoms. The zero-order valence-electron chi connectivity index (χ0n) is 13.9. The van der Waals surface area contributed by atoms with E-state index in [1.807, 2.05) is 0 Å². The number of hydrogen-bond donors (Lipinski definition) is 0. The van der Waals surface area contributed by atoms with Crippen molar-refractivity contribution in [2.24, 2.45) is 5.41 Å². The van der Waals surface area contributed by atoms with Crippen molar-refractivity contribution in [2.45, 2.75) is 96.8 Å². The minimum absolute atomic E-state index is 0.705. The molecule has 0 atom stereocenters. The van der Waals surface area contributed by atoms with Crippen LogP contribution < -0.4 is 0 Å². The van der Waals surface area contributed by atoms with Crippen LogP contribution in [0.1, 0.15) is 80.1 Å². The van der Waals surface area contributed by atoms with Crippen LogP contribution in [0.5, 0.6) is 0 Å². The molecule has 1 heteroatoms. The van der Waals surface area contributed by atoms with Crippen LogP contribution >= 0.6 is 0 Å². The summed E-state index contributed by atoms with van der Waals surface area (Å²) in [4.78, 5) is 0. The van der Waals surface area contributed by atoms with Crippen LogP contribution in [0.4, 0.5) is 0 Å². The summed E-state index contributed by atoms with van der Waals surface area (Å²) in [5, 5.41) is 0. The van der Waals surface area contributed by atoms with E-state index in [1.165, 1.54) is 32.1 Å². The van der Waals surface area contributed by atoms with Gasteiger partial charge in [-0.1, -0.05) is 0 Å². The molecule has 0 nitrogen and oxygen atoms in total. The fourth-order valence-corrected chi connectivity index (χ4v) is 26.1. The van der Waals surface area contributed by atoms with E-state index in [0.717, 1.165) is 3.43 Å². The standard InChI is InChI=1S/C13H26.2C2H5.Sn/c1-6-11-13(9-4,10-5)12(7-2)8-3;2*1-2;/h1,6-11H2,2-5H3;2*1H2,2H3;. The van der Waals surface area contributed by atoms with Crippen LogP contribution in [0.25, 0.3) is 0 Å². The zero-order chi connectivity index (χ0) is 13.9. The maximum absolute atomic E-state index is 2.54. The Kier molecular flexibility index (Phi) is 6.09. The van der Waals surface area contributed by atoms with Crippen molar-refractivity contribution in [1.29, 1.82) is 0 Å². The van der Waals surface area contributed by atoms with Crippen LogP contribution in [-0.4, -0.2) is 18.4 Å². The third kappa shape index (κ3) is 2.09. The Hall–Kier alpha value is 0.799. The molecule has 1 aliphatic rings. The van der Waals surface area contributed by atoms with Crippen molar-refractivity contribution in [3.63, 3.8) is 0 Å². The Morgan fingerprint density at radius 3 is 1.61 bits per heavy atom. The molecule has 1 heterocycles. The van der Waals surface area contributed by atoms with Gasteiger partial charge in [0.1, 0.15) is 0 Å². The molecule has 1 fully saturated rings. The van der Waals surface area contributed by atoms with Gasteiger partial charge >= 0.3 is 121 Å². The van der Waals surface area contributed by atoms with E-state index in [9.17, 15) is 0 Å². The molecular formula is C17H36Sn. The van der Waals surface area contributed by atoms with Crippen LogP contribution in [0.2, 0.25) is 16.7 Å². The van der Waals surface area contributed by atoms with E-state index >= 15 is 0 Å². The fourth-order valence-electron chi connectivity index (χ4n) is 6.12. The van der Waals surface area contributed by atoms with Crippen LogP contribution in [0, 0.1) is 5.41 Å². The van der Waals surface area contributed by atoms with Gasteiger partial charge in [-0.15, -0.1) is 0 Å². The molecule has 0 amide bonds. The topological polar surface area (TPSA) is 0 Å². The predicted molar refractivity (Wildman–Crippen MR) is 87.0 cm³/mol. The second-order valence-corrected chi connectivity index (χ2v) is 22.1. The Balaban J connectivity index is 3.37. The molecule has 0 saturated carbocycles. The van der Waals surface area contributed by atoms with Gasteiger partial charge in [0.15, 0.2) is 0 Å². The molecule has 0 N–H and O–H groups in total. The SMILES string of the molecule is CCC1(CC)CC[CH2][Sn]([CH2]C)([CH2]C)[C]1(CC)CC. The first-order chi connectivity index (χ1) is 8.57. The van der Waals surface area contributed by atoms with E-state index in [-0.39, 0.29) is 0 Å². The van der Waals surface area contributed by atoms with E-state index in [2.05, 4.69) is 41.5 Å². The zero-order valence-corrected chi connectivity index (χ0v) is 16.7. The molecular weight excluding hydrogens is 323 g/mol. The van der Waals surface area contributed by atoms with Crippen LogP contribution in [0.3, 0.4) is 0 Å². The third-order valence-electron chi connectivity index (χ3n) is 7.26. The average Bonchev–Trinajstić information content (AvgIpc) is 2.45. The first kappa shape index (κ1) is 16.9. The minimum atomic E-state index is -1.96. The first-order valence-electron chi connectivity index (χ1n) is 8.57. The van der Waals surface area contributed by atoms with Gasteiger partial charge in [-0.05, 0) is 0 Å². The second-order valence-electron chi connectivity index (χ2n) is 6.62. The van der Waals surface area contributed by atoms with Gasteiger partial charge in [-0.2, -0.15) is 0 Å².